The van der Waals surface area contributed by atoms with Crippen LogP contribution in [0.1, 0.15) is 53.3 Å². The van der Waals surface area contributed by atoms with Crippen molar-refractivity contribution in [1.29, 1.82) is 0 Å². The van der Waals surface area contributed by atoms with E-state index >= 15 is 0 Å². The number of carbonyl (C=O) groups excluding carboxylic acids is 1. The van der Waals surface area contributed by atoms with Crippen LogP contribution in [0.3, 0.4) is 0 Å². The average Bonchev–Trinajstić information content (AvgIpc) is 2.81. The number of likely N-dealkylation sites (tertiary alicyclic amines) is 1. The highest BCUT2D eigenvalue weighted by atomic mass is 16.5. The Morgan fingerprint density at radius 2 is 1.96 bits per heavy atom. The summed E-state index contributed by atoms with van der Waals surface area (Å²) in [6.45, 7) is 2.74. The van der Waals surface area contributed by atoms with Gasteiger partial charge in [0.25, 0.3) is 5.91 Å². The zero-order chi connectivity index (χ0) is 17.1. The Balaban J connectivity index is 1.92. The van der Waals surface area contributed by atoms with Crippen LogP contribution in [0.4, 0.5) is 0 Å². The van der Waals surface area contributed by atoms with E-state index in [2.05, 4.69) is 17.2 Å². The lowest BCUT2D eigenvalue weighted by atomic mass is 10.00. The van der Waals surface area contributed by atoms with Gasteiger partial charge in [-0.25, -0.2) is 0 Å². The van der Waals surface area contributed by atoms with E-state index in [-0.39, 0.29) is 11.9 Å². The van der Waals surface area contributed by atoms with Gasteiger partial charge in [0.2, 0.25) is 0 Å². The first-order chi connectivity index (χ1) is 11.6. The Morgan fingerprint density at radius 1 is 1.21 bits per heavy atom. The van der Waals surface area contributed by atoms with Crippen molar-refractivity contribution >= 4 is 5.91 Å². The Morgan fingerprint density at radius 3 is 2.58 bits per heavy atom. The smallest absolute Gasteiger partial charge is 0.257 e. The molecule has 5 nitrogen and oxygen atoms in total. The van der Waals surface area contributed by atoms with Gasteiger partial charge < -0.3 is 9.64 Å². The molecule has 1 atom stereocenters. The molecule has 2 heterocycles. The molecule has 1 aliphatic heterocycles. The lowest BCUT2D eigenvalue weighted by Crippen LogP contribution is -2.35. The van der Waals surface area contributed by atoms with Gasteiger partial charge >= 0.3 is 0 Å². The van der Waals surface area contributed by atoms with Crippen molar-refractivity contribution in [3.63, 3.8) is 0 Å². The molecule has 0 radical (unpaired) electrons. The SMILES string of the molecule is COc1ccc(C2CCCCCN2C(=O)c2cnn(C)c2C)cc1. The van der Waals surface area contributed by atoms with Crippen LogP contribution < -0.4 is 4.74 Å². The first-order valence-corrected chi connectivity index (χ1v) is 8.55. The van der Waals surface area contributed by atoms with E-state index < -0.39 is 0 Å². The second kappa shape index (κ2) is 7.07. The first kappa shape index (κ1) is 16.6. The zero-order valence-corrected chi connectivity index (χ0v) is 14.7. The number of methoxy groups -OCH3 is 1. The molecule has 0 spiro atoms. The van der Waals surface area contributed by atoms with Gasteiger partial charge in [0.1, 0.15) is 5.75 Å². The Bertz CT molecular complexity index is 706. The normalized spacial score (nSPS) is 18.3. The van der Waals surface area contributed by atoms with Gasteiger partial charge in [-0.15, -0.1) is 0 Å². The third-order valence-corrected chi connectivity index (χ3v) is 4.98. The summed E-state index contributed by atoms with van der Waals surface area (Å²) in [5, 5.41) is 4.23. The molecule has 24 heavy (non-hydrogen) atoms. The van der Waals surface area contributed by atoms with Crippen LogP contribution in [0, 0.1) is 6.92 Å². The molecular formula is C19H25N3O2. The highest BCUT2D eigenvalue weighted by molar-refractivity contribution is 5.95. The van der Waals surface area contributed by atoms with Gasteiger partial charge in [-0.05, 0) is 37.5 Å². The Kier molecular flexibility index (Phi) is 4.88. The van der Waals surface area contributed by atoms with Gasteiger partial charge in [-0.2, -0.15) is 5.10 Å². The standard InChI is InChI=1S/C19H25N3O2/c1-14-17(13-20-21(14)2)19(23)22-12-6-4-5-7-18(22)15-8-10-16(24-3)11-9-15/h8-11,13,18H,4-7,12H2,1-3H3. The van der Waals surface area contributed by atoms with Crippen molar-refractivity contribution in [2.24, 2.45) is 7.05 Å². The van der Waals surface area contributed by atoms with Crippen LogP contribution in [0.15, 0.2) is 30.5 Å². The predicted octanol–water partition coefficient (Wildman–Crippen LogP) is 3.49. The fraction of sp³-hybridized carbons (Fsp3) is 0.474. The number of aromatic nitrogens is 2. The summed E-state index contributed by atoms with van der Waals surface area (Å²) in [6, 6.07) is 8.21. The minimum absolute atomic E-state index is 0.0864. The molecule has 1 aromatic heterocycles. The summed E-state index contributed by atoms with van der Waals surface area (Å²) in [7, 11) is 3.54. The second-order valence-electron chi connectivity index (χ2n) is 6.40. The van der Waals surface area contributed by atoms with Gasteiger partial charge in [0.05, 0.1) is 24.9 Å². The highest BCUT2D eigenvalue weighted by Gasteiger charge is 2.29. The van der Waals surface area contributed by atoms with Crippen molar-refractivity contribution in [1.82, 2.24) is 14.7 Å². The maximum atomic E-state index is 13.1. The second-order valence-corrected chi connectivity index (χ2v) is 6.40. The van der Waals surface area contributed by atoms with Gasteiger partial charge in [0.15, 0.2) is 0 Å². The molecule has 5 heteroatoms. The van der Waals surface area contributed by atoms with E-state index in [4.69, 9.17) is 4.74 Å². The molecule has 1 aliphatic rings. The zero-order valence-electron chi connectivity index (χ0n) is 14.7. The number of ether oxygens (including phenoxy) is 1. The van der Waals surface area contributed by atoms with Gasteiger partial charge in [-0.3, -0.25) is 9.48 Å². The highest BCUT2D eigenvalue weighted by Crippen LogP contribution is 2.32. The van der Waals surface area contributed by atoms with Gasteiger partial charge in [-0.1, -0.05) is 25.0 Å². The molecule has 0 saturated carbocycles. The molecule has 3 rings (SSSR count). The van der Waals surface area contributed by atoms with Crippen molar-refractivity contribution in [3.05, 3.63) is 47.3 Å². The molecule has 1 aromatic carbocycles. The number of amides is 1. The molecule has 0 N–H and O–H groups in total. The number of hydrogen-bond donors (Lipinski definition) is 0. The Hall–Kier alpha value is -2.30. The maximum absolute atomic E-state index is 13.1. The van der Waals surface area contributed by atoms with Crippen LogP contribution >= 0.6 is 0 Å². The fourth-order valence-corrected chi connectivity index (χ4v) is 3.39. The summed E-state index contributed by atoms with van der Waals surface area (Å²) in [5.41, 5.74) is 2.79. The molecule has 0 aliphatic carbocycles. The van der Waals surface area contributed by atoms with E-state index in [1.54, 1.807) is 18.0 Å². The average molecular weight is 327 g/mol. The van der Waals surface area contributed by atoms with Gasteiger partial charge in [0, 0.05) is 19.3 Å². The quantitative estimate of drug-likeness (QED) is 0.867. The third kappa shape index (κ3) is 3.16. The van der Waals surface area contributed by atoms with E-state index in [0.29, 0.717) is 5.56 Å². The molecule has 0 bridgehead atoms. The third-order valence-electron chi connectivity index (χ3n) is 4.98. The number of nitrogens with zero attached hydrogens (tertiary/aromatic N) is 3. The van der Waals surface area contributed by atoms with Crippen molar-refractivity contribution in [2.45, 2.75) is 38.6 Å². The van der Waals surface area contributed by atoms with E-state index in [1.807, 2.05) is 31.0 Å². The van der Waals surface area contributed by atoms with E-state index in [9.17, 15) is 4.79 Å². The summed E-state index contributed by atoms with van der Waals surface area (Å²) in [5.74, 6) is 0.927. The van der Waals surface area contributed by atoms with Crippen LogP contribution in [0.25, 0.3) is 0 Å². The monoisotopic (exact) mass is 327 g/mol. The molecule has 1 saturated heterocycles. The van der Waals surface area contributed by atoms with E-state index in [0.717, 1.165) is 37.3 Å². The number of benzene rings is 1. The Labute approximate surface area is 143 Å². The number of hydrogen-bond acceptors (Lipinski definition) is 3. The summed E-state index contributed by atoms with van der Waals surface area (Å²) in [6.07, 6.45) is 6.05. The van der Waals surface area contributed by atoms with Crippen molar-refractivity contribution in [2.75, 3.05) is 13.7 Å². The number of aryl methyl sites for hydroxylation is 1. The topological polar surface area (TPSA) is 47.4 Å². The lowest BCUT2D eigenvalue weighted by molar-refractivity contribution is 0.0680. The lowest BCUT2D eigenvalue weighted by Gasteiger charge is -2.30. The largest absolute Gasteiger partial charge is 0.497 e. The first-order valence-electron chi connectivity index (χ1n) is 8.55. The summed E-state index contributed by atoms with van der Waals surface area (Å²) >= 11 is 0. The molecule has 2 aromatic rings. The molecular weight excluding hydrogens is 302 g/mol. The number of carbonyl (C=O) groups is 1. The minimum Gasteiger partial charge on any atom is -0.497 e. The molecule has 1 unspecified atom stereocenters. The molecule has 1 amide bonds. The fourth-order valence-electron chi connectivity index (χ4n) is 3.39. The molecule has 1 fully saturated rings. The maximum Gasteiger partial charge on any atom is 0.257 e. The van der Waals surface area contributed by atoms with Crippen LogP contribution in [-0.2, 0) is 7.05 Å². The number of rotatable bonds is 3. The summed E-state index contributed by atoms with van der Waals surface area (Å²) in [4.78, 5) is 15.2. The van der Waals surface area contributed by atoms with Crippen LogP contribution in [0.2, 0.25) is 0 Å². The van der Waals surface area contributed by atoms with Crippen LogP contribution in [-0.4, -0.2) is 34.2 Å². The van der Waals surface area contributed by atoms with Crippen LogP contribution in [0.5, 0.6) is 5.75 Å². The van der Waals surface area contributed by atoms with Crippen molar-refractivity contribution < 1.29 is 9.53 Å². The minimum atomic E-state index is 0.0864. The summed E-state index contributed by atoms with van der Waals surface area (Å²) < 4.78 is 7.01. The van der Waals surface area contributed by atoms with Crippen molar-refractivity contribution in [3.8, 4) is 5.75 Å². The predicted molar refractivity (Wildman–Crippen MR) is 93.2 cm³/mol. The molecule has 128 valence electrons. The van der Waals surface area contributed by atoms with E-state index in [1.165, 1.54) is 12.0 Å².